The predicted molar refractivity (Wildman–Crippen MR) is 83.1 cm³/mol. The lowest BCUT2D eigenvalue weighted by molar-refractivity contribution is 0.0963. The molecule has 0 heterocycles. The molecule has 3 nitrogen and oxygen atoms in total. The molecular formula is C17H20N2O. The Bertz CT molecular complexity index is 620. The van der Waals surface area contributed by atoms with Crippen LogP contribution in [0.3, 0.4) is 0 Å². The summed E-state index contributed by atoms with van der Waals surface area (Å²) in [6.07, 6.45) is 0. The summed E-state index contributed by atoms with van der Waals surface area (Å²) in [4.78, 5) is 11.6. The molecule has 2 aromatic carbocycles. The smallest absolute Gasteiger partial charge is 0.251 e. The lowest BCUT2D eigenvalue weighted by Gasteiger charge is -2.11. The standard InChI is InChI=1S/C17H20N2O/c1-12-6-4-8-15(13(12)2)11-19-16-9-5-7-14(10-16)17(20)18-3/h4-10,19H,11H2,1-3H3,(H,18,20). The molecule has 1 amide bonds. The molecule has 0 saturated carbocycles. The van der Waals surface area contributed by atoms with Crippen LogP contribution in [-0.2, 0) is 6.54 Å². The number of carbonyl (C=O) groups excluding carboxylic acids is 1. The maximum Gasteiger partial charge on any atom is 0.251 e. The van der Waals surface area contributed by atoms with Crippen molar-refractivity contribution in [2.24, 2.45) is 0 Å². The van der Waals surface area contributed by atoms with Crippen LogP contribution < -0.4 is 10.6 Å². The van der Waals surface area contributed by atoms with Crippen molar-refractivity contribution in [3.05, 3.63) is 64.7 Å². The lowest BCUT2D eigenvalue weighted by atomic mass is 10.0. The summed E-state index contributed by atoms with van der Waals surface area (Å²) in [5, 5.41) is 6.00. The van der Waals surface area contributed by atoms with E-state index in [1.807, 2.05) is 24.3 Å². The second-order valence-corrected chi connectivity index (χ2v) is 4.87. The third kappa shape index (κ3) is 3.18. The number of hydrogen-bond donors (Lipinski definition) is 2. The average Bonchev–Trinajstić information content (AvgIpc) is 2.48. The van der Waals surface area contributed by atoms with Gasteiger partial charge in [0.05, 0.1) is 0 Å². The fourth-order valence-electron chi connectivity index (χ4n) is 2.12. The summed E-state index contributed by atoms with van der Waals surface area (Å²) >= 11 is 0. The maximum absolute atomic E-state index is 11.6. The molecule has 0 unspecified atom stereocenters. The van der Waals surface area contributed by atoms with Crippen molar-refractivity contribution in [3.8, 4) is 0 Å². The molecule has 0 atom stereocenters. The highest BCUT2D eigenvalue weighted by molar-refractivity contribution is 5.94. The van der Waals surface area contributed by atoms with Crippen LogP contribution >= 0.6 is 0 Å². The van der Waals surface area contributed by atoms with E-state index >= 15 is 0 Å². The Balaban J connectivity index is 2.11. The normalized spacial score (nSPS) is 10.2. The number of nitrogens with one attached hydrogen (secondary N) is 2. The second kappa shape index (κ2) is 6.24. The molecule has 0 radical (unpaired) electrons. The summed E-state index contributed by atoms with van der Waals surface area (Å²) in [6, 6.07) is 13.8. The van der Waals surface area contributed by atoms with Gasteiger partial charge in [0.25, 0.3) is 5.91 Å². The van der Waals surface area contributed by atoms with Gasteiger partial charge in [-0.05, 0) is 48.7 Å². The minimum Gasteiger partial charge on any atom is -0.381 e. The van der Waals surface area contributed by atoms with Crippen LogP contribution in [0.15, 0.2) is 42.5 Å². The third-order valence-corrected chi connectivity index (χ3v) is 3.55. The van der Waals surface area contributed by atoms with Crippen molar-refractivity contribution in [2.45, 2.75) is 20.4 Å². The second-order valence-electron chi connectivity index (χ2n) is 4.87. The van der Waals surface area contributed by atoms with Gasteiger partial charge in [0.1, 0.15) is 0 Å². The van der Waals surface area contributed by atoms with Gasteiger partial charge in [-0.15, -0.1) is 0 Å². The Labute approximate surface area is 120 Å². The molecule has 0 aliphatic rings. The zero-order chi connectivity index (χ0) is 14.5. The Kier molecular flexibility index (Phi) is 4.41. The van der Waals surface area contributed by atoms with Crippen molar-refractivity contribution in [1.29, 1.82) is 0 Å². The largest absolute Gasteiger partial charge is 0.381 e. The van der Waals surface area contributed by atoms with Gasteiger partial charge in [-0.2, -0.15) is 0 Å². The minimum atomic E-state index is -0.0691. The van der Waals surface area contributed by atoms with Gasteiger partial charge in [0.2, 0.25) is 0 Å². The molecule has 104 valence electrons. The first-order valence-corrected chi connectivity index (χ1v) is 6.73. The van der Waals surface area contributed by atoms with Gasteiger partial charge in [0.15, 0.2) is 0 Å². The van der Waals surface area contributed by atoms with E-state index in [4.69, 9.17) is 0 Å². The quantitative estimate of drug-likeness (QED) is 0.893. The zero-order valence-corrected chi connectivity index (χ0v) is 12.2. The van der Waals surface area contributed by atoms with Crippen LogP contribution in [0.2, 0.25) is 0 Å². The van der Waals surface area contributed by atoms with Crippen molar-refractivity contribution in [1.82, 2.24) is 5.32 Å². The number of anilines is 1. The van der Waals surface area contributed by atoms with E-state index in [-0.39, 0.29) is 5.91 Å². The van der Waals surface area contributed by atoms with Crippen molar-refractivity contribution < 1.29 is 4.79 Å². The van der Waals surface area contributed by atoms with Gasteiger partial charge >= 0.3 is 0 Å². The summed E-state index contributed by atoms with van der Waals surface area (Å²) < 4.78 is 0. The molecule has 0 saturated heterocycles. The van der Waals surface area contributed by atoms with Crippen LogP contribution in [0.1, 0.15) is 27.0 Å². The summed E-state index contributed by atoms with van der Waals surface area (Å²) in [5.41, 5.74) is 5.49. The fraction of sp³-hybridized carbons (Fsp3) is 0.235. The van der Waals surface area contributed by atoms with Crippen LogP contribution in [0.5, 0.6) is 0 Å². The van der Waals surface area contributed by atoms with E-state index in [2.05, 4.69) is 42.7 Å². The molecule has 0 aromatic heterocycles. The SMILES string of the molecule is CNC(=O)c1cccc(NCc2cccc(C)c2C)c1. The monoisotopic (exact) mass is 268 g/mol. The zero-order valence-electron chi connectivity index (χ0n) is 12.2. The number of hydrogen-bond acceptors (Lipinski definition) is 2. The maximum atomic E-state index is 11.6. The number of carbonyl (C=O) groups is 1. The Morgan fingerprint density at radius 3 is 2.60 bits per heavy atom. The molecule has 0 spiro atoms. The van der Waals surface area contributed by atoms with Gasteiger partial charge in [-0.1, -0.05) is 24.3 Å². The first kappa shape index (κ1) is 14.1. The minimum absolute atomic E-state index is 0.0691. The first-order valence-electron chi connectivity index (χ1n) is 6.73. The predicted octanol–water partition coefficient (Wildman–Crippen LogP) is 3.28. The molecule has 3 heteroatoms. The van der Waals surface area contributed by atoms with E-state index in [0.717, 1.165) is 12.2 Å². The van der Waals surface area contributed by atoms with Crippen molar-refractivity contribution >= 4 is 11.6 Å². The van der Waals surface area contributed by atoms with Crippen LogP contribution in [0.25, 0.3) is 0 Å². The van der Waals surface area contributed by atoms with Crippen LogP contribution in [0, 0.1) is 13.8 Å². The highest BCUT2D eigenvalue weighted by Gasteiger charge is 2.04. The number of aryl methyl sites for hydroxylation is 1. The molecule has 0 bridgehead atoms. The number of benzene rings is 2. The lowest BCUT2D eigenvalue weighted by Crippen LogP contribution is -2.17. The molecule has 2 aromatic rings. The van der Waals surface area contributed by atoms with Crippen molar-refractivity contribution in [3.63, 3.8) is 0 Å². The van der Waals surface area contributed by atoms with Gasteiger partial charge < -0.3 is 10.6 Å². The van der Waals surface area contributed by atoms with Crippen LogP contribution in [-0.4, -0.2) is 13.0 Å². The average molecular weight is 268 g/mol. The van der Waals surface area contributed by atoms with Gasteiger partial charge in [0, 0.05) is 24.8 Å². The number of amides is 1. The Morgan fingerprint density at radius 1 is 1.10 bits per heavy atom. The van der Waals surface area contributed by atoms with Gasteiger partial charge in [-0.25, -0.2) is 0 Å². The Morgan fingerprint density at radius 2 is 1.85 bits per heavy atom. The molecule has 0 aliphatic heterocycles. The third-order valence-electron chi connectivity index (χ3n) is 3.55. The summed E-state index contributed by atoms with van der Waals surface area (Å²) in [7, 11) is 1.64. The van der Waals surface area contributed by atoms with E-state index in [1.165, 1.54) is 16.7 Å². The Hall–Kier alpha value is -2.29. The summed E-state index contributed by atoms with van der Waals surface area (Å²) in [6.45, 7) is 5.00. The number of rotatable bonds is 4. The molecule has 20 heavy (non-hydrogen) atoms. The van der Waals surface area contributed by atoms with Gasteiger partial charge in [-0.3, -0.25) is 4.79 Å². The highest BCUT2D eigenvalue weighted by atomic mass is 16.1. The van der Waals surface area contributed by atoms with Crippen LogP contribution in [0.4, 0.5) is 5.69 Å². The van der Waals surface area contributed by atoms with E-state index in [0.29, 0.717) is 5.56 Å². The first-order chi connectivity index (χ1) is 9.61. The molecular weight excluding hydrogens is 248 g/mol. The van der Waals surface area contributed by atoms with E-state index < -0.39 is 0 Å². The van der Waals surface area contributed by atoms with E-state index in [1.54, 1.807) is 7.05 Å². The topological polar surface area (TPSA) is 41.1 Å². The van der Waals surface area contributed by atoms with Crippen molar-refractivity contribution in [2.75, 3.05) is 12.4 Å². The fourth-order valence-corrected chi connectivity index (χ4v) is 2.12. The molecule has 2 rings (SSSR count). The van der Waals surface area contributed by atoms with E-state index in [9.17, 15) is 4.79 Å². The molecule has 2 N–H and O–H groups in total. The summed E-state index contributed by atoms with van der Waals surface area (Å²) in [5.74, 6) is -0.0691. The molecule has 0 fully saturated rings. The molecule has 0 aliphatic carbocycles. The highest BCUT2D eigenvalue weighted by Crippen LogP contribution is 2.16.